The number of carbonyl (C=O) groups excluding carboxylic acids is 1. The monoisotopic (exact) mass is 402 g/mol. The van der Waals surface area contributed by atoms with E-state index in [1.165, 1.54) is 11.1 Å². The highest BCUT2D eigenvalue weighted by Gasteiger charge is 2.32. The molecule has 3 rings (SSSR count). The molecule has 5 heteroatoms. The molecule has 2 aromatic rings. The third-order valence-electron chi connectivity index (χ3n) is 4.96. The lowest BCUT2D eigenvalue weighted by Gasteiger charge is -2.30. The summed E-state index contributed by atoms with van der Waals surface area (Å²) >= 11 is 8.18. The van der Waals surface area contributed by atoms with Crippen LogP contribution in [0.4, 0.5) is 0 Å². The predicted molar refractivity (Wildman–Crippen MR) is 115 cm³/mol. The van der Waals surface area contributed by atoms with Gasteiger partial charge in [0, 0.05) is 35.5 Å². The summed E-state index contributed by atoms with van der Waals surface area (Å²) in [5.74, 6) is 1.12. The molecular weight excluding hydrogens is 376 g/mol. The third-order valence-corrected chi connectivity index (χ3v) is 6.54. The van der Waals surface area contributed by atoms with Crippen LogP contribution in [0.1, 0.15) is 35.9 Å². The van der Waals surface area contributed by atoms with E-state index in [1.807, 2.05) is 29.2 Å². The van der Waals surface area contributed by atoms with Gasteiger partial charge in [0.25, 0.3) is 0 Å². The van der Waals surface area contributed by atoms with Gasteiger partial charge in [0.1, 0.15) is 5.37 Å². The van der Waals surface area contributed by atoms with Gasteiger partial charge in [0.15, 0.2) is 0 Å². The number of carbonyl (C=O) groups is 1. The lowest BCUT2D eigenvalue weighted by atomic mass is 10.1. The number of amides is 1. The first-order valence-corrected chi connectivity index (χ1v) is 10.8. The fourth-order valence-electron chi connectivity index (χ4n) is 3.27. The van der Waals surface area contributed by atoms with Crippen LogP contribution in [0.2, 0.25) is 5.02 Å². The van der Waals surface area contributed by atoms with Crippen molar-refractivity contribution in [2.45, 2.75) is 38.7 Å². The maximum Gasteiger partial charge on any atom is 0.237 e. The lowest BCUT2D eigenvalue weighted by Crippen LogP contribution is -2.42. The Morgan fingerprint density at radius 2 is 1.93 bits per heavy atom. The number of hydrogen-bond donors (Lipinski definition) is 0. The van der Waals surface area contributed by atoms with Gasteiger partial charge in [0.05, 0.1) is 6.54 Å². The fourth-order valence-corrected chi connectivity index (χ4v) is 4.89. The van der Waals surface area contributed by atoms with E-state index in [0.717, 1.165) is 29.4 Å². The molecule has 0 aromatic heterocycles. The molecule has 144 valence electrons. The zero-order valence-electron chi connectivity index (χ0n) is 16.2. The van der Waals surface area contributed by atoms with Crippen LogP contribution < -0.4 is 0 Å². The van der Waals surface area contributed by atoms with Gasteiger partial charge in [-0.15, -0.1) is 11.8 Å². The van der Waals surface area contributed by atoms with Crippen LogP contribution in [0.5, 0.6) is 0 Å². The van der Waals surface area contributed by atoms with Crippen molar-refractivity contribution in [3.05, 3.63) is 70.2 Å². The lowest BCUT2D eigenvalue weighted by molar-refractivity contribution is -0.133. The molecule has 1 saturated heterocycles. The van der Waals surface area contributed by atoms with Crippen molar-refractivity contribution in [3.63, 3.8) is 0 Å². The van der Waals surface area contributed by atoms with Gasteiger partial charge in [-0.1, -0.05) is 59.6 Å². The molecule has 0 N–H and O–H groups in total. The number of rotatable bonds is 6. The first-order chi connectivity index (χ1) is 13.0. The Kier molecular flexibility index (Phi) is 6.85. The molecule has 3 nitrogen and oxygen atoms in total. The van der Waals surface area contributed by atoms with E-state index in [1.54, 1.807) is 11.8 Å². The van der Waals surface area contributed by atoms with Gasteiger partial charge in [-0.05, 0) is 32.4 Å². The molecule has 27 heavy (non-hydrogen) atoms. The number of halogens is 1. The maximum atomic E-state index is 13.1. The average Bonchev–Trinajstić information content (AvgIpc) is 3.13. The van der Waals surface area contributed by atoms with Crippen LogP contribution in [0.3, 0.4) is 0 Å². The molecule has 0 bridgehead atoms. The van der Waals surface area contributed by atoms with E-state index in [-0.39, 0.29) is 11.3 Å². The van der Waals surface area contributed by atoms with Gasteiger partial charge >= 0.3 is 0 Å². The first kappa shape index (κ1) is 20.2. The third kappa shape index (κ3) is 5.07. The van der Waals surface area contributed by atoms with Crippen molar-refractivity contribution >= 4 is 29.3 Å². The topological polar surface area (TPSA) is 23.6 Å². The second-order valence-corrected chi connectivity index (χ2v) is 8.91. The quantitative estimate of drug-likeness (QED) is 0.668. The van der Waals surface area contributed by atoms with Crippen LogP contribution in [0.15, 0.2) is 48.5 Å². The molecule has 0 unspecified atom stereocenters. The van der Waals surface area contributed by atoms with E-state index in [0.29, 0.717) is 12.6 Å². The SMILES string of the molecule is Cc1ccc(CN(CC(=O)N2CCS[C@H]2c2ccccc2Cl)C(C)C)cc1. The largest absolute Gasteiger partial charge is 0.325 e. The Labute approximate surface area is 171 Å². The minimum Gasteiger partial charge on any atom is -0.325 e. The summed E-state index contributed by atoms with van der Waals surface area (Å²) in [5.41, 5.74) is 3.52. The Morgan fingerprint density at radius 1 is 1.22 bits per heavy atom. The molecule has 0 saturated carbocycles. The van der Waals surface area contributed by atoms with Crippen molar-refractivity contribution in [2.24, 2.45) is 0 Å². The van der Waals surface area contributed by atoms with E-state index in [4.69, 9.17) is 11.6 Å². The summed E-state index contributed by atoms with van der Waals surface area (Å²) in [7, 11) is 0. The second-order valence-electron chi connectivity index (χ2n) is 7.32. The van der Waals surface area contributed by atoms with Gasteiger partial charge in [0.2, 0.25) is 5.91 Å². The predicted octanol–water partition coefficient (Wildman–Crippen LogP) is 5.13. The van der Waals surface area contributed by atoms with Crippen molar-refractivity contribution in [1.82, 2.24) is 9.80 Å². The number of hydrogen-bond acceptors (Lipinski definition) is 3. The Bertz CT molecular complexity index is 778. The summed E-state index contributed by atoms with van der Waals surface area (Å²) in [5, 5.41) is 0.745. The summed E-state index contributed by atoms with van der Waals surface area (Å²) < 4.78 is 0. The smallest absolute Gasteiger partial charge is 0.237 e. The second kappa shape index (κ2) is 9.13. The highest BCUT2D eigenvalue weighted by molar-refractivity contribution is 7.99. The molecular formula is C22H27ClN2OS. The minimum absolute atomic E-state index is 0.0135. The van der Waals surface area contributed by atoms with E-state index >= 15 is 0 Å². The molecule has 0 spiro atoms. The molecule has 1 heterocycles. The van der Waals surface area contributed by atoms with Crippen LogP contribution in [-0.4, -0.2) is 40.6 Å². The molecule has 0 radical (unpaired) electrons. The number of aryl methyl sites for hydroxylation is 1. The van der Waals surface area contributed by atoms with Gasteiger partial charge in [-0.2, -0.15) is 0 Å². The van der Waals surface area contributed by atoms with Crippen LogP contribution in [0, 0.1) is 6.92 Å². The summed E-state index contributed by atoms with van der Waals surface area (Å²) in [6.07, 6.45) is 0. The van der Waals surface area contributed by atoms with Gasteiger partial charge in [-0.3, -0.25) is 9.69 Å². The summed E-state index contributed by atoms with van der Waals surface area (Å²) in [6, 6.07) is 16.7. The molecule has 0 aliphatic carbocycles. The number of nitrogens with zero attached hydrogens (tertiary/aromatic N) is 2. The molecule has 1 aliphatic rings. The van der Waals surface area contributed by atoms with Crippen molar-refractivity contribution in [1.29, 1.82) is 0 Å². The molecule has 1 fully saturated rings. The number of benzene rings is 2. The standard InChI is InChI=1S/C22H27ClN2OS/c1-16(2)24(14-18-10-8-17(3)9-11-18)15-21(26)25-12-13-27-22(25)19-6-4-5-7-20(19)23/h4-11,16,22H,12-15H2,1-3H3/t22-/m0/s1. The van der Waals surface area contributed by atoms with E-state index in [9.17, 15) is 4.79 Å². The van der Waals surface area contributed by atoms with Crippen LogP contribution in [-0.2, 0) is 11.3 Å². The van der Waals surface area contributed by atoms with Crippen molar-refractivity contribution in [2.75, 3.05) is 18.8 Å². The van der Waals surface area contributed by atoms with Crippen molar-refractivity contribution in [3.8, 4) is 0 Å². The Hall–Kier alpha value is -1.49. The zero-order chi connectivity index (χ0) is 19.4. The fraction of sp³-hybridized carbons (Fsp3) is 0.409. The zero-order valence-corrected chi connectivity index (χ0v) is 17.8. The Morgan fingerprint density at radius 3 is 2.59 bits per heavy atom. The first-order valence-electron chi connectivity index (χ1n) is 9.41. The minimum atomic E-state index is 0.0135. The maximum absolute atomic E-state index is 13.1. The average molecular weight is 403 g/mol. The van der Waals surface area contributed by atoms with E-state index in [2.05, 4.69) is 49.9 Å². The molecule has 1 aliphatic heterocycles. The summed E-state index contributed by atoms with van der Waals surface area (Å²) in [4.78, 5) is 17.3. The van der Waals surface area contributed by atoms with Crippen molar-refractivity contribution < 1.29 is 4.79 Å². The summed E-state index contributed by atoms with van der Waals surface area (Å²) in [6.45, 7) is 8.36. The normalized spacial score (nSPS) is 17.1. The molecule has 1 atom stereocenters. The van der Waals surface area contributed by atoms with E-state index < -0.39 is 0 Å². The molecule has 1 amide bonds. The Balaban J connectivity index is 1.71. The highest BCUT2D eigenvalue weighted by Crippen LogP contribution is 2.40. The van der Waals surface area contributed by atoms with Gasteiger partial charge < -0.3 is 4.90 Å². The van der Waals surface area contributed by atoms with Gasteiger partial charge in [-0.25, -0.2) is 0 Å². The molecule has 2 aromatic carbocycles. The van der Waals surface area contributed by atoms with Crippen LogP contribution >= 0.6 is 23.4 Å². The number of thioether (sulfide) groups is 1. The highest BCUT2D eigenvalue weighted by atomic mass is 35.5. The van der Waals surface area contributed by atoms with Crippen LogP contribution in [0.25, 0.3) is 0 Å².